The monoisotopic (exact) mass is 247 g/mol. The molecule has 0 amide bonds. The van der Waals surface area contributed by atoms with Crippen molar-refractivity contribution in [1.29, 1.82) is 0 Å². The third-order valence-electron chi connectivity index (χ3n) is 3.89. The minimum atomic E-state index is 0.217. The second kappa shape index (κ2) is 3.35. The Hall–Kier alpha value is -1.29. The number of anilines is 1. The number of thiocarbonyl (C=S) groups is 1. The summed E-state index contributed by atoms with van der Waals surface area (Å²) in [5.74, 6) is 0.933. The van der Waals surface area contributed by atoms with Crippen molar-refractivity contribution in [3.8, 4) is 5.75 Å². The Balaban J connectivity index is 1.87. The van der Waals surface area contributed by atoms with Gasteiger partial charge in [0, 0.05) is 0 Å². The van der Waals surface area contributed by atoms with Crippen LogP contribution in [0.4, 0.5) is 5.69 Å². The first-order valence-electron chi connectivity index (χ1n) is 6.10. The van der Waals surface area contributed by atoms with Gasteiger partial charge < -0.3 is 9.47 Å². The number of para-hydroxylation sites is 2. The molecule has 0 radical (unpaired) electrons. The van der Waals surface area contributed by atoms with Crippen LogP contribution in [0.5, 0.6) is 5.75 Å². The molecule has 2 heterocycles. The van der Waals surface area contributed by atoms with Crippen LogP contribution >= 0.6 is 12.2 Å². The Labute approximate surface area is 105 Å². The lowest BCUT2D eigenvalue weighted by Crippen LogP contribution is -2.53. The summed E-state index contributed by atoms with van der Waals surface area (Å²) < 4.78 is 11.9. The molecule has 2 aliphatic heterocycles. The molecule has 3 aliphatic rings. The van der Waals surface area contributed by atoms with Gasteiger partial charge in [0.15, 0.2) is 0 Å². The quantitative estimate of drug-likeness (QED) is 0.657. The third-order valence-corrected chi connectivity index (χ3v) is 4.18. The maximum absolute atomic E-state index is 6.08. The molecule has 1 saturated heterocycles. The highest BCUT2D eigenvalue weighted by Gasteiger charge is 2.50. The average molecular weight is 247 g/mol. The minimum Gasteiger partial charge on any atom is -0.486 e. The zero-order valence-electron chi connectivity index (χ0n) is 9.33. The summed E-state index contributed by atoms with van der Waals surface area (Å²) in [5, 5.41) is 0.614. The molecule has 1 aromatic carbocycles. The van der Waals surface area contributed by atoms with Gasteiger partial charge in [0.25, 0.3) is 5.17 Å². The second-order valence-corrected chi connectivity index (χ2v) is 5.19. The van der Waals surface area contributed by atoms with Crippen molar-refractivity contribution >= 4 is 23.1 Å². The van der Waals surface area contributed by atoms with Crippen LogP contribution in [-0.2, 0) is 4.74 Å². The molecule has 2 fully saturated rings. The van der Waals surface area contributed by atoms with Gasteiger partial charge in [-0.3, -0.25) is 4.90 Å². The summed E-state index contributed by atoms with van der Waals surface area (Å²) in [4.78, 5) is 2.16. The van der Waals surface area contributed by atoms with E-state index in [1.54, 1.807) is 0 Å². The van der Waals surface area contributed by atoms with E-state index in [1.165, 1.54) is 0 Å². The standard InChI is InChI=1S/C13H13NO2S/c17-13-14-8-4-1-2-5-9(8)15-10-6-3-7-11(16-13)12(10)14/h1-2,4-5,10-12H,3,6-7H2/t10-,11+,12-/m1/s1. The smallest absolute Gasteiger partial charge is 0.264 e. The molecular formula is C13H13NO2S. The second-order valence-electron chi connectivity index (χ2n) is 4.84. The molecule has 0 N–H and O–H groups in total. The lowest BCUT2D eigenvalue weighted by atomic mass is 9.88. The Kier molecular flexibility index (Phi) is 1.92. The number of nitrogens with zero attached hydrogens (tertiary/aromatic N) is 1. The van der Waals surface area contributed by atoms with Crippen molar-refractivity contribution in [1.82, 2.24) is 0 Å². The summed E-state index contributed by atoms with van der Waals surface area (Å²) in [7, 11) is 0. The highest BCUT2D eigenvalue weighted by atomic mass is 32.1. The van der Waals surface area contributed by atoms with Gasteiger partial charge in [0.1, 0.15) is 24.0 Å². The lowest BCUT2D eigenvalue weighted by molar-refractivity contribution is 0.0616. The van der Waals surface area contributed by atoms with Crippen molar-refractivity contribution < 1.29 is 9.47 Å². The Bertz CT molecular complexity index is 490. The van der Waals surface area contributed by atoms with Crippen LogP contribution < -0.4 is 9.64 Å². The zero-order valence-corrected chi connectivity index (χ0v) is 10.2. The molecule has 0 spiro atoms. The predicted molar refractivity (Wildman–Crippen MR) is 68.4 cm³/mol. The topological polar surface area (TPSA) is 21.7 Å². The molecule has 88 valence electrons. The normalized spacial score (nSPS) is 33.5. The number of hydrogen-bond donors (Lipinski definition) is 0. The number of rotatable bonds is 0. The summed E-state index contributed by atoms with van der Waals surface area (Å²) in [6.45, 7) is 0. The van der Waals surface area contributed by atoms with Gasteiger partial charge in [0.2, 0.25) is 0 Å². The maximum Gasteiger partial charge on any atom is 0.264 e. The van der Waals surface area contributed by atoms with Gasteiger partial charge in [-0.2, -0.15) is 0 Å². The first-order chi connectivity index (χ1) is 8.34. The Morgan fingerprint density at radius 3 is 2.76 bits per heavy atom. The molecule has 0 bridgehead atoms. The fourth-order valence-electron chi connectivity index (χ4n) is 3.18. The number of ether oxygens (including phenoxy) is 2. The Morgan fingerprint density at radius 2 is 1.88 bits per heavy atom. The van der Waals surface area contributed by atoms with Crippen LogP contribution in [-0.4, -0.2) is 23.4 Å². The molecule has 4 rings (SSSR count). The van der Waals surface area contributed by atoms with Crippen LogP contribution in [0.2, 0.25) is 0 Å². The van der Waals surface area contributed by atoms with Crippen LogP contribution in [0.25, 0.3) is 0 Å². The highest BCUT2D eigenvalue weighted by Crippen LogP contribution is 2.44. The summed E-state index contributed by atoms with van der Waals surface area (Å²) in [6, 6.07) is 8.36. The van der Waals surface area contributed by atoms with Crippen molar-refractivity contribution in [3.63, 3.8) is 0 Å². The molecular weight excluding hydrogens is 234 g/mol. The maximum atomic E-state index is 6.08. The third kappa shape index (κ3) is 1.24. The molecule has 1 saturated carbocycles. The van der Waals surface area contributed by atoms with Gasteiger partial charge in [-0.1, -0.05) is 12.1 Å². The molecule has 4 heteroatoms. The van der Waals surface area contributed by atoms with Gasteiger partial charge >= 0.3 is 0 Å². The van der Waals surface area contributed by atoms with Gasteiger partial charge in [-0.25, -0.2) is 0 Å². The highest BCUT2D eigenvalue weighted by molar-refractivity contribution is 7.80. The van der Waals surface area contributed by atoms with E-state index in [1.807, 2.05) is 18.2 Å². The van der Waals surface area contributed by atoms with Gasteiger partial charge in [-0.15, -0.1) is 0 Å². The van der Waals surface area contributed by atoms with Crippen molar-refractivity contribution in [3.05, 3.63) is 24.3 Å². The van der Waals surface area contributed by atoms with Gasteiger partial charge in [-0.05, 0) is 43.6 Å². The molecule has 17 heavy (non-hydrogen) atoms. The van der Waals surface area contributed by atoms with E-state index in [0.717, 1.165) is 30.7 Å². The van der Waals surface area contributed by atoms with E-state index in [0.29, 0.717) is 5.17 Å². The molecule has 0 aromatic heterocycles. The van der Waals surface area contributed by atoms with Crippen LogP contribution in [0, 0.1) is 0 Å². The summed E-state index contributed by atoms with van der Waals surface area (Å²) in [6.07, 6.45) is 3.78. The number of fused-ring (bicyclic) bond motifs is 2. The van der Waals surface area contributed by atoms with Crippen molar-refractivity contribution in [2.24, 2.45) is 0 Å². The summed E-state index contributed by atoms with van der Waals surface area (Å²) >= 11 is 5.37. The van der Waals surface area contributed by atoms with E-state index in [-0.39, 0.29) is 18.2 Å². The molecule has 3 atom stereocenters. The number of benzene rings is 1. The average Bonchev–Trinajstić information content (AvgIpc) is 2.69. The SMILES string of the molecule is S=C1O[C@H]2CCC[C@H]3Oc4ccccc4N1[C@@H]23. The van der Waals surface area contributed by atoms with Crippen LogP contribution in [0.1, 0.15) is 19.3 Å². The van der Waals surface area contributed by atoms with E-state index in [9.17, 15) is 0 Å². The van der Waals surface area contributed by atoms with E-state index in [4.69, 9.17) is 21.7 Å². The van der Waals surface area contributed by atoms with Crippen LogP contribution in [0.3, 0.4) is 0 Å². The fraction of sp³-hybridized carbons (Fsp3) is 0.462. The minimum absolute atomic E-state index is 0.217. The van der Waals surface area contributed by atoms with Crippen molar-refractivity contribution in [2.75, 3.05) is 4.90 Å². The molecule has 0 unspecified atom stereocenters. The van der Waals surface area contributed by atoms with E-state index < -0.39 is 0 Å². The molecule has 3 nitrogen and oxygen atoms in total. The van der Waals surface area contributed by atoms with E-state index in [2.05, 4.69) is 11.0 Å². The fourth-order valence-corrected chi connectivity index (χ4v) is 3.52. The predicted octanol–water partition coefficient (Wildman–Crippen LogP) is 2.49. The Morgan fingerprint density at radius 1 is 1.12 bits per heavy atom. The van der Waals surface area contributed by atoms with Crippen molar-refractivity contribution in [2.45, 2.75) is 37.5 Å². The summed E-state index contributed by atoms with van der Waals surface area (Å²) in [5.41, 5.74) is 1.06. The first-order valence-corrected chi connectivity index (χ1v) is 6.51. The molecule has 1 aliphatic carbocycles. The van der Waals surface area contributed by atoms with Gasteiger partial charge in [0.05, 0.1) is 5.69 Å². The lowest BCUT2D eigenvalue weighted by Gasteiger charge is -2.40. The number of hydrogen-bond acceptors (Lipinski definition) is 3. The van der Waals surface area contributed by atoms with E-state index >= 15 is 0 Å². The zero-order chi connectivity index (χ0) is 11.4. The van der Waals surface area contributed by atoms with Crippen LogP contribution in [0.15, 0.2) is 24.3 Å². The largest absolute Gasteiger partial charge is 0.486 e. The first kappa shape index (κ1) is 9.71. The molecule has 1 aromatic rings.